The minimum absolute atomic E-state index is 0.284. The number of carbonyl (C=O) groups is 1. The van der Waals surface area contributed by atoms with Gasteiger partial charge in [-0.2, -0.15) is 0 Å². The normalized spacial score (nSPS) is 9.38. The minimum atomic E-state index is -0.284. The second-order valence-electron chi connectivity index (χ2n) is 2.83. The van der Waals surface area contributed by atoms with Crippen molar-refractivity contribution in [3.63, 3.8) is 0 Å². The lowest BCUT2D eigenvalue weighted by Gasteiger charge is -2.01. The Labute approximate surface area is 77.2 Å². The molecule has 3 heteroatoms. The number of hydrazine groups is 1. The zero-order valence-corrected chi connectivity index (χ0v) is 7.50. The van der Waals surface area contributed by atoms with Crippen LogP contribution in [-0.4, -0.2) is 5.91 Å². The number of carbonyl (C=O) groups excluding carboxylic acids is 1. The maximum absolute atomic E-state index is 11.0. The van der Waals surface area contributed by atoms with Gasteiger partial charge >= 0.3 is 0 Å². The summed E-state index contributed by atoms with van der Waals surface area (Å²) in [7, 11) is 0. The molecule has 0 saturated carbocycles. The fraction of sp³-hybridized carbons (Fsp3) is 0.100. The Kier molecular flexibility index (Phi) is 2.82. The van der Waals surface area contributed by atoms with Gasteiger partial charge in [-0.1, -0.05) is 24.3 Å². The Morgan fingerprint density at radius 3 is 2.15 bits per heavy atom. The van der Waals surface area contributed by atoms with Crippen LogP contribution >= 0.6 is 0 Å². The third-order valence-electron chi connectivity index (χ3n) is 1.77. The van der Waals surface area contributed by atoms with E-state index >= 15 is 0 Å². The van der Waals surface area contributed by atoms with Crippen LogP contribution in [0.2, 0.25) is 0 Å². The lowest BCUT2D eigenvalue weighted by molar-refractivity contribution is 0.0953. The second kappa shape index (κ2) is 3.87. The van der Waals surface area contributed by atoms with E-state index in [-0.39, 0.29) is 5.91 Å². The largest absolute Gasteiger partial charge is 0.290 e. The zero-order chi connectivity index (χ0) is 9.84. The number of hydrogen-bond donors (Lipinski definition) is 2. The van der Waals surface area contributed by atoms with Crippen molar-refractivity contribution < 1.29 is 4.79 Å². The van der Waals surface area contributed by atoms with E-state index in [9.17, 15) is 4.79 Å². The van der Waals surface area contributed by atoms with Gasteiger partial charge in [0.1, 0.15) is 0 Å². The molecule has 0 aliphatic rings. The van der Waals surface area contributed by atoms with Gasteiger partial charge in [-0.3, -0.25) is 10.2 Å². The molecule has 3 nitrogen and oxygen atoms in total. The Bertz CT molecular complexity index is 327. The van der Waals surface area contributed by atoms with Crippen molar-refractivity contribution in [2.75, 3.05) is 0 Å². The molecule has 68 valence electrons. The number of benzene rings is 1. The van der Waals surface area contributed by atoms with Crippen molar-refractivity contribution in [2.45, 2.75) is 6.92 Å². The molecule has 1 aromatic carbocycles. The van der Waals surface area contributed by atoms with Crippen molar-refractivity contribution in [3.05, 3.63) is 42.0 Å². The van der Waals surface area contributed by atoms with Gasteiger partial charge in [0.05, 0.1) is 0 Å². The van der Waals surface area contributed by atoms with Crippen LogP contribution in [-0.2, 0) is 0 Å². The summed E-state index contributed by atoms with van der Waals surface area (Å²) >= 11 is 0. The number of rotatable bonds is 2. The van der Waals surface area contributed by atoms with Crippen LogP contribution in [0.15, 0.2) is 30.8 Å². The third kappa shape index (κ3) is 2.16. The summed E-state index contributed by atoms with van der Waals surface area (Å²) < 4.78 is 0. The molecule has 1 rings (SSSR count). The van der Waals surface area contributed by atoms with E-state index in [2.05, 4.69) is 12.0 Å². The van der Waals surface area contributed by atoms with E-state index in [1.165, 1.54) is 0 Å². The van der Waals surface area contributed by atoms with E-state index in [4.69, 9.17) is 5.84 Å². The van der Waals surface area contributed by atoms with Crippen molar-refractivity contribution >= 4 is 11.5 Å². The van der Waals surface area contributed by atoms with E-state index in [0.717, 1.165) is 11.1 Å². The van der Waals surface area contributed by atoms with Crippen LogP contribution in [0, 0.1) is 0 Å². The Morgan fingerprint density at radius 1 is 1.31 bits per heavy atom. The van der Waals surface area contributed by atoms with Crippen LogP contribution < -0.4 is 11.3 Å². The van der Waals surface area contributed by atoms with E-state index in [0.29, 0.717) is 5.56 Å². The average Bonchev–Trinajstić information content (AvgIpc) is 2.17. The Morgan fingerprint density at radius 2 is 1.77 bits per heavy atom. The summed E-state index contributed by atoms with van der Waals surface area (Å²) in [6.07, 6.45) is 0. The van der Waals surface area contributed by atoms with E-state index in [1.54, 1.807) is 12.1 Å². The van der Waals surface area contributed by atoms with Gasteiger partial charge in [0.2, 0.25) is 0 Å². The smallest absolute Gasteiger partial charge is 0.265 e. The molecule has 13 heavy (non-hydrogen) atoms. The highest BCUT2D eigenvalue weighted by molar-refractivity contribution is 5.94. The standard InChI is InChI=1S/C10H12N2O/c1-7(2)8-3-5-9(6-4-8)10(13)12-11/h3-6H,1,11H2,2H3,(H,12,13). The van der Waals surface area contributed by atoms with Gasteiger partial charge in [-0.25, -0.2) is 5.84 Å². The van der Waals surface area contributed by atoms with Gasteiger partial charge in [0.25, 0.3) is 5.91 Å². The van der Waals surface area contributed by atoms with Gasteiger partial charge in [0.15, 0.2) is 0 Å². The van der Waals surface area contributed by atoms with Gasteiger partial charge < -0.3 is 0 Å². The summed E-state index contributed by atoms with van der Waals surface area (Å²) in [4.78, 5) is 11.0. The van der Waals surface area contributed by atoms with Crippen LogP contribution in [0.1, 0.15) is 22.8 Å². The maximum Gasteiger partial charge on any atom is 0.265 e. The monoisotopic (exact) mass is 176 g/mol. The molecule has 0 aliphatic heterocycles. The molecule has 0 unspecified atom stereocenters. The summed E-state index contributed by atoms with van der Waals surface area (Å²) in [6, 6.07) is 7.11. The van der Waals surface area contributed by atoms with Crippen LogP contribution in [0.3, 0.4) is 0 Å². The van der Waals surface area contributed by atoms with Gasteiger partial charge in [-0.15, -0.1) is 0 Å². The van der Waals surface area contributed by atoms with Crippen molar-refractivity contribution in [1.82, 2.24) is 5.43 Å². The number of allylic oxidation sites excluding steroid dienone is 1. The van der Waals surface area contributed by atoms with E-state index < -0.39 is 0 Å². The first-order valence-corrected chi connectivity index (χ1v) is 3.92. The summed E-state index contributed by atoms with van der Waals surface area (Å²) in [5.41, 5.74) is 4.61. The first-order chi connectivity index (χ1) is 6.15. The molecule has 0 spiro atoms. The molecular formula is C10H12N2O. The van der Waals surface area contributed by atoms with Crippen LogP contribution in [0.25, 0.3) is 5.57 Å². The second-order valence-corrected chi connectivity index (χ2v) is 2.83. The molecule has 1 aromatic rings. The average molecular weight is 176 g/mol. The first-order valence-electron chi connectivity index (χ1n) is 3.92. The molecule has 0 saturated heterocycles. The van der Waals surface area contributed by atoms with Gasteiger partial charge in [-0.05, 0) is 24.6 Å². The summed E-state index contributed by atoms with van der Waals surface area (Å²) in [6.45, 7) is 5.71. The van der Waals surface area contributed by atoms with Crippen molar-refractivity contribution in [3.8, 4) is 0 Å². The maximum atomic E-state index is 11.0. The molecule has 0 fully saturated rings. The molecule has 0 aliphatic carbocycles. The molecule has 0 aromatic heterocycles. The fourth-order valence-electron chi connectivity index (χ4n) is 0.989. The Hall–Kier alpha value is -1.61. The minimum Gasteiger partial charge on any atom is -0.290 e. The molecule has 0 heterocycles. The third-order valence-corrected chi connectivity index (χ3v) is 1.77. The van der Waals surface area contributed by atoms with Crippen LogP contribution in [0.4, 0.5) is 0 Å². The highest BCUT2D eigenvalue weighted by Gasteiger charge is 2.01. The van der Waals surface area contributed by atoms with E-state index in [1.807, 2.05) is 19.1 Å². The van der Waals surface area contributed by atoms with Crippen LogP contribution in [0.5, 0.6) is 0 Å². The highest BCUT2D eigenvalue weighted by Crippen LogP contribution is 2.11. The quantitative estimate of drug-likeness (QED) is 0.405. The number of nitrogen functional groups attached to an aromatic ring is 1. The first kappa shape index (κ1) is 9.48. The number of nitrogens with one attached hydrogen (secondary N) is 1. The van der Waals surface area contributed by atoms with Crippen molar-refractivity contribution in [2.24, 2.45) is 5.84 Å². The molecular weight excluding hydrogens is 164 g/mol. The number of hydrogen-bond acceptors (Lipinski definition) is 2. The SMILES string of the molecule is C=C(C)c1ccc(C(=O)NN)cc1. The predicted octanol–water partition coefficient (Wildman–Crippen LogP) is 1.32. The topological polar surface area (TPSA) is 55.1 Å². The molecule has 3 N–H and O–H groups in total. The molecule has 0 radical (unpaired) electrons. The molecule has 1 amide bonds. The summed E-state index contributed by atoms with van der Waals surface area (Å²) in [5.74, 6) is 4.70. The lowest BCUT2D eigenvalue weighted by Crippen LogP contribution is -2.29. The van der Waals surface area contributed by atoms with Crippen molar-refractivity contribution in [1.29, 1.82) is 0 Å². The van der Waals surface area contributed by atoms with Gasteiger partial charge in [0, 0.05) is 5.56 Å². The fourth-order valence-corrected chi connectivity index (χ4v) is 0.989. The predicted molar refractivity (Wildman–Crippen MR) is 52.8 cm³/mol. The molecule has 0 atom stereocenters. The zero-order valence-electron chi connectivity index (χ0n) is 7.50. The number of nitrogens with two attached hydrogens (primary N) is 1. The molecule has 0 bridgehead atoms. The number of amides is 1. The Balaban J connectivity index is 2.93. The summed E-state index contributed by atoms with van der Waals surface area (Å²) in [5, 5.41) is 0. The lowest BCUT2D eigenvalue weighted by atomic mass is 10.1. The highest BCUT2D eigenvalue weighted by atomic mass is 16.2.